The molecule has 0 unspecified atom stereocenters. The molecule has 0 fully saturated rings. The van der Waals surface area contributed by atoms with Crippen molar-refractivity contribution in [2.24, 2.45) is 0 Å². The van der Waals surface area contributed by atoms with Gasteiger partial charge in [-0.3, -0.25) is 9.59 Å². The number of hydrogen-bond acceptors (Lipinski definition) is 5. The lowest BCUT2D eigenvalue weighted by Crippen LogP contribution is -2.21. The molecule has 0 radical (unpaired) electrons. The van der Waals surface area contributed by atoms with E-state index in [1.807, 2.05) is 0 Å². The average Bonchev–Trinajstić information content (AvgIpc) is 2.67. The van der Waals surface area contributed by atoms with Crippen LogP contribution in [-0.4, -0.2) is 28.8 Å². The fourth-order valence-corrected chi connectivity index (χ4v) is 2.52. The van der Waals surface area contributed by atoms with Crippen LogP contribution in [-0.2, 0) is 0 Å². The van der Waals surface area contributed by atoms with Crippen LogP contribution in [0.2, 0.25) is 0 Å². The van der Waals surface area contributed by atoms with Crippen LogP contribution in [0.4, 0.5) is 5.69 Å². The third kappa shape index (κ3) is 4.27. The van der Waals surface area contributed by atoms with Crippen molar-refractivity contribution in [3.05, 3.63) is 76.3 Å². The Bertz CT molecular complexity index is 1070. The van der Waals surface area contributed by atoms with Crippen molar-refractivity contribution in [2.75, 3.05) is 12.4 Å². The zero-order valence-corrected chi connectivity index (χ0v) is 14.8. The first-order chi connectivity index (χ1) is 13.0. The van der Waals surface area contributed by atoms with E-state index < -0.39 is 11.6 Å². The van der Waals surface area contributed by atoms with Crippen LogP contribution in [0, 0.1) is 0 Å². The van der Waals surface area contributed by atoms with Gasteiger partial charge in [0, 0.05) is 16.8 Å². The van der Waals surface area contributed by atoms with Gasteiger partial charge in [-0.2, -0.15) is 4.98 Å². The van der Waals surface area contributed by atoms with E-state index in [0.717, 1.165) is 0 Å². The van der Waals surface area contributed by atoms with Crippen molar-refractivity contribution in [2.45, 2.75) is 6.92 Å². The Morgan fingerprint density at radius 1 is 1.07 bits per heavy atom. The number of anilines is 1. The Kier molecular flexibility index (Phi) is 5.12. The number of amides is 1. The third-order valence-electron chi connectivity index (χ3n) is 3.88. The van der Waals surface area contributed by atoms with E-state index in [1.165, 1.54) is 13.0 Å². The molecule has 0 aliphatic heterocycles. The largest absolute Gasteiger partial charge is 0.497 e. The number of methoxy groups -OCH3 is 1. The van der Waals surface area contributed by atoms with E-state index in [4.69, 9.17) is 4.74 Å². The van der Waals surface area contributed by atoms with Gasteiger partial charge in [0.1, 0.15) is 11.4 Å². The maximum atomic E-state index is 12.5. The van der Waals surface area contributed by atoms with Crippen molar-refractivity contribution < 1.29 is 14.3 Å². The molecule has 0 bridgehead atoms. The lowest BCUT2D eigenvalue weighted by Gasteiger charge is -2.08. The fourth-order valence-electron chi connectivity index (χ4n) is 2.52. The maximum Gasteiger partial charge on any atom is 0.346 e. The van der Waals surface area contributed by atoms with Gasteiger partial charge in [-0.05, 0) is 37.3 Å². The Labute approximate surface area is 155 Å². The summed E-state index contributed by atoms with van der Waals surface area (Å²) < 4.78 is 5.17. The minimum absolute atomic E-state index is 0.0565. The molecule has 0 spiro atoms. The molecule has 27 heavy (non-hydrogen) atoms. The van der Waals surface area contributed by atoms with Crippen LogP contribution in [0.1, 0.15) is 27.8 Å². The van der Waals surface area contributed by atoms with Gasteiger partial charge >= 0.3 is 5.69 Å². The summed E-state index contributed by atoms with van der Waals surface area (Å²) in [6.45, 7) is 1.45. The van der Waals surface area contributed by atoms with Crippen molar-refractivity contribution in [1.29, 1.82) is 0 Å². The van der Waals surface area contributed by atoms with E-state index >= 15 is 0 Å². The highest BCUT2D eigenvalue weighted by Crippen LogP contribution is 2.22. The highest BCUT2D eigenvalue weighted by molar-refractivity contribution is 6.04. The molecule has 0 saturated heterocycles. The number of benzene rings is 2. The van der Waals surface area contributed by atoms with Gasteiger partial charge in [-0.15, -0.1) is 0 Å². The van der Waals surface area contributed by atoms with Gasteiger partial charge in [0.25, 0.3) is 5.91 Å². The minimum Gasteiger partial charge on any atom is -0.497 e. The summed E-state index contributed by atoms with van der Waals surface area (Å²) >= 11 is 0. The summed E-state index contributed by atoms with van der Waals surface area (Å²) in [6.07, 6.45) is 0. The SMILES string of the molecule is COc1cccc(-c2cc(C(=O)Nc3cccc(C(C)=O)c3)[nH]c(=O)n2)c1. The van der Waals surface area contributed by atoms with E-state index in [1.54, 1.807) is 55.6 Å². The Morgan fingerprint density at radius 2 is 1.85 bits per heavy atom. The number of ketones is 1. The third-order valence-corrected chi connectivity index (χ3v) is 3.88. The minimum atomic E-state index is -0.641. The second kappa shape index (κ2) is 7.65. The van der Waals surface area contributed by atoms with Crippen LogP contribution >= 0.6 is 0 Å². The number of nitrogens with one attached hydrogen (secondary N) is 2. The molecule has 7 heteroatoms. The Morgan fingerprint density at radius 3 is 2.59 bits per heavy atom. The van der Waals surface area contributed by atoms with E-state index in [-0.39, 0.29) is 11.5 Å². The molecule has 0 atom stereocenters. The normalized spacial score (nSPS) is 10.3. The molecule has 0 aliphatic rings. The summed E-state index contributed by atoms with van der Waals surface area (Å²) in [6, 6.07) is 15.1. The van der Waals surface area contributed by atoms with Crippen LogP contribution in [0.25, 0.3) is 11.3 Å². The molecule has 2 aromatic carbocycles. The lowest BCUT2D eigenvalue weighted by atomic mass is 10.1. The van der Waals surface area contributed by atoms with Gasteiger partial charge in [-0.25, -0.2) is 4.79 Å². The maximum absolute atomic E-state index is 12.5. The van der Waals surface area contributed by atoms with Gasteiger partial charge in [0.15, 0.2) is 5.78 Å². The second-order valence-electron chi connectivity index (χ2n) is 5.81. The number of Topliss-reactive ketones (excluding diaryl/α,β-unsaturated/α-hetero) is 1. The summed E-state index contributed by atoms with van der Waals surface area (Å²) in [5.74, 6) is -0.00953. The van der Waals surface area contributed by atoms with Crippen molar-refractivity contribution >= 4 is 17.4 Å². The monoisotopic (exact) mass is 363 g/mol. The lowest BCUT2D eigenvalue weighted by molar-refractivity contribution is 0.100. The molecule has 3 rings (SSSR count). The summed E-state index contributed by atoms with van der Waals surface area (Å²) in [5, 5.41) is 2.67. The molecule has 1 aromatic heterocycles. The highest BCUT2D eigenvalue weighted by atomic mass is 16.5. The summed E-state index contributed by atoms with van der Waals surface area (Å²) in [4.78, 5) is 42.3. The van der Waals surface area contributed by atoms with Crippen LogP contribution in [0.3, 0.4) is 0 Å². The molecular formula is C20H17N3O4. The molecule has 1 heterocycles. The van der Waals surface area contributed by atoms with Crippen molar-refractivity contribution in [1.82, 2.24) is 9.97 Å². The zero-order chi connectivity index (χ0) is 19.4. The topological polar surface area (TPSA) is 101 Å². The van der Waals surface area contributed by atoms with Gasteiger partial charge < -0.3 is 15.0 Å². The predicted octanol–water partition coefficient (Wildman–Crippen LogP) is 2.90. The van der Waals surface area contributed by atoms with Gasteiger partial charge in [-0.1, -0.05) is 24.3 Å². The number of aromatic nitrogens is 2. The second-order valence-corrected chi connectivity index (χ2v) is 5.81. The molecule has 3 aromatic rings. The van der Waals surface area contributed by atoms with Crippen molar-refractivity contribution in [3.63, 3.8) is 0 Å². The molecular weight excluding hydrogens is 346 g/mol. The number of carbonyl (C=O) groups is 2. The number of H-pyrrole nitrogens is 1. The molecule has 7 nitrogen and oxygen atoms in total. The van der Waals surface area contributed by atoms with Crippen molar-refractivity contribution in [3.8, 4) is 17.0 Å². The number of hydrogen-bond donors (Lipinski definition) is 2. The summed E-state index contributed by atoms with van der Waals surface area (Å²) in [5.41, 5.74) is 1.34. The quantitative estimate of drug-likeness (QED) is 0.679. The molecule has 0 aliphatic carbocycles. The first-order valence-electron chi connectivity index (χ1n) is 8.14. The number of nitrogens with zero attached hydrogens (tertiary/aromatic N) is 1. The molecule has 136 valence electrons. The number of ether oxygens (including phenoxy) is 1. The molecule has 0 saturated carbocycles. The summed E-state index contributed by atoms with van der Waals surface area (Å²) in [7, 11) is 1.54. The Balaban J connectivity index is 1.91. The Hall–Kier alpha value is -3.74. The number of rotatable bonds is 5. The molecule has 2 N–H and O–H groups in total. The highest BCUT2D eigenvalue weighted by Gasteiger charge is 2.12. The van der Waals surface area contributed by atoms with Crippen LogP contribution < -0.4 is 15.7 Å². The zero-order valence-electron chi connectivity index (χ0n) is 14.8. The van der Waals surface area contributed by atoms with Crippen LogP contribution in [0.15, 0.2) is 59.4 Å². The van der Waals surface area contributed by atoms with E-state index in [9.17, 15) is 14.4 Å². The number of carbonyl (C=O) groups excluding carboxylic acids is 2. The average molecular weight is 363 g/mol. The smallest absolute Gasteiger partial charge is 0.346 e. The first-order valence-corrected chi connectivity index (χ1v) is 8.14. The number of aromatic amines is 1. The van der Waals surface area contributed by atoms with E-state index in [0.29, 0.717) is 28.3 Å². The predicted molar refractivity (Wildman–Crippen MR) is 101 cm³/mol. The van der Waals surface area contributed by atoms with Gasteiger partial charge in [0.2, 0.25) is 0 Å². The van der Waals surface area contributed by atoms with E-state index in [2.05, 4.69) is 15.3 Å². The van der Waals surface area contributed by atoms with Crippen LogP contribution in [0.5, 0.6) is 5.75 Å². The standard InChI is InChI=1S/C20H17N3O4/c1-12(24)13-5-3-7-15(9-13)21-19(25)18-11-17(22-20(26)23-18)14-6-4-8-16(10-14)27-2/h3-11H,1-2H3,(H,21,25)(H,22,23,26). The molecule has 1 amide bonds. The first kappa shape index (κ1) is 18.1. The fraction of sp³-hybridized carbons (Fsp3) is 0.100. The van der Waals surface area contributed by atoms with Gasteiger partial charge in [0.05, 0.1) is 12.8 Å².